The highest BCUT2D eigenvalue weighted by atomic mass is 32.2. The molecule has 2 fully saturated rings. The minimum absolute atomic E-state index is 0.0610. The van der Waals surface area contributed by atoms with Crippen LogP contribution in [0.25, 0.3) is 6.08 Å². The molecule has 1 atom stereocenters. The number of amides is 3. The van der Waals surface area contributed by atoms with Crippen molar-refractivity contribution in [3.63, 3.8) is 0 Å². The van der Waals surface area contributed by atoms with Gasteiger partial charge in [-0.1, -0.05) is 66.8 Å². The third-order valence-electron chi connectivity index (χ3n) is 5.18. The second kappa shape index (κ2) is 10.7. The molecule has 2 aliphatic heterocycles. The molecule has 1 N–H and O–H groups in total. The van der Waals surface area contributed by atoms with Gasteiger partial charge in [0.15, 0.2) is 0 Å². The molecule has 3 rings (SSSR count). The minimum Gasteiger partial charge on any atom is -0.481 e. The predicted octanol–water partition coefficient (Wildman–Crippen LogP) is 3.61. The van der Waals surface area contributed by atoms with E-state index in [1.807, 2.05) is 43.3 Å². The third-order valence-corrected chi connectivity index (χ3v) is 6.51. The van der Waals surface area contributed by atoms with Gasteiger partial charge in [-0.25, -0.2) is 0 Å². The molecule has 1 unspecified atom stereocenters. The number of carboxylic acids is 1. The molecule has 7 nitrogen and oxygen atoms in total. The Morgan fingerprint density at radius 3 is 2.59 bits per heavy atom. The molecule has 0 aliphatic carbocycles. The van der Waals surface area contributed by atoms with Crippen molar-refractivity contribution in [2.24, 2.45) is 0 Å². The number of allylic oxidation sites excluding steroid dienone is 2. The van der Waals surface area contributed by atoms with Gasteiger partial charge in [0.05, 0.1) is 11.3 Å². The zero-order chi connectivity index (χ0) is 23.3. The van der Waals surface area contributed by atoms with E-state index in [0.717, 1.165) is 27.8 Å². The summed E-state index contributed by atoms with van der Waals surface area (Å²) in [4.78, 5) is 51.7. The lowest BCUT2D eigenvalue weighted by Crippen LogP contribution is -2.44. The summed E-state index contributed by atoms with van der Waals surface area (Å²) in [6, 6.07) is 8.79. The van der Waals surface area contributed by atoms with Crippen molar-refractivity contribution in [3.05, 3.63) is 52.4 Å². The fraction of sp³-hybridized carbons (Fsp3) is 0.348. The van der Waals surface area contributed by atoms with Crippen LogP contribution in [0.2, 0.25) is 0 Å². The Morgan fingerprint density at radius 1 is 1.19 bits per heavy atom. The molecule has 0 spiro atoms. The summed E-state index contributed by atoms with van der Waals surface area (Å²) in [7, 11) is 0. The first-order valence-corrected chi connectivity index (χ1v) is 11.6. The molecular weight excluding hydrogens is 448 g/mol. The third kappa shape index (κ3) is 5.72. The molecule has 0 saturated carbocycles. The highest BCUT2D eigenvalue weighted by molar-refractivity contribution is 8.26. The summed E-state index contributed by atoms with van der Waals surface area (Å²) in [5, 5.41) is 8.69. The molecule has 1 aromatic carbocycles. The highest BCUT2D eigenvalue weighted by Gasteiger charge is 2.48. The zero-order valence-electron chi connectivity index (χ0n) is 17.7. The van der Waals surface area contributed by atoms with Gasteiger partial charge >= 0.3 is 5.97 Å². The average Bonchev–Trinajstić information content (AvgIpc) is 3.16. The molecule has 2 aliphatic rings. The SMILES string of the molecule is C/C(C=C1SC(=S)N(C2CC(=O)N(CCCCCC(=O)O)C2=O)C1=O)=C/c1ccccc1. The predicted molar refractivity (Wildman–Crippen MR) is 126 cm³/mol. The molecule has 1 aromatic rings. The maximum absolute atomic E-state index is 13.0. The number of likely N-dealkylation sites (tertiary alicyclic amines) is 1. The summed E-state index contributed by atoms with van der Waals surface area (Å²) in [5.41, 5.74) is 1.88. The lowest BCUT2D eigenvalue weighted by molar-refractivity contribution is -0.141. The van der Waals surface area contributed by atoms with Gasteiger partial charge in [-0.05, 0) is 37.0 Å². The topological polar surface area (TPSA) is 95.0 Å². The smallest absolute Gasteiger partial charge is 0.303 e. The van der Waals surface area contributed by atoms with E-state index in [1.165, 1.54) is 4.90 Å². The van der Waals surface area contributed by atoms with Crippen LogP contribution in [0.4, 0.5) is 0 Å². The Kier molecular flexibility index (Phi) is 7.98. The average molecular weight is 473 g/mol. The maximum Gasteiger partial charge on any atom is 0.303 e. The standard InChI is InChI=1S/C23H24N2O5S2/c1-15(12-16-8-4-2-5-9-16)13-18-22(30)25(23(31)32-18)17-14-19(26)24(21(17)29)11-7-3-6-10-20(27)28/h2,4-5,8-9,12-13,17H,3,6-7,10-11,14H2,1H3,(H,27,28)/b15-12-,18-13?. The second-order valence-corrected chi connectivity index (χ2v) is 9.33. The van der Waals surface area contributed by atoms with Crippen molar-refractivity contribution < 1.29 is 24.3 Å². The Labute approximate surface area is 196 Å². The van der Waals surface area contributed by atoms with E-state index in [0.29, 0.717) is 24.2 Å². The van der Waals surface area contributed by atoms with E-state index in [4.69, 9.17) is 17.3 Å². The molecule has 32 heavy (non-hydrogen) atoms. The van der Waals surface area contributed by atoms with Gasteiger partial charge in [0.1, 0.15) is 10.4 Å². The van der Waals surface area contributed by atoms with Crippen LogP contribution in [-0.2, 0) is 19.2 Å². The molecule has 0 aromatic heterocycles. The quantitative estimate of drug-likeness (QED) is 0.254. The fourth-order valence-corrected chi connectivity index (χ4v) is 5.04. The molecule has 9 heteroatoms. The van der Waals surface area contributed by atoms with E-state index in [-0.39, 0.29) is 35.5 Å². The molecule has 2 heterocycles. The summed E-state index contributed by atoms with van der Waals surface area (Å²) in [5.74, 6) is -2.00. The number of carbonyl (C=O) groups excluding carboxylic acids is 3. The van der Waals surface area contributed by atoms with Crippen LogP contribution in [0.5, 0.6) is 0 Å². The summed E-state index contributed by atoms with van der Waals surface area (Å²) >= 11 is 6.49. The summed E-state index contributed by atoms with van der Waals surface area (Å²) in [6.07, 6.45) is 5.28. The summed E-state index contributed by atoms with van der Waals surface area (Å²) < 4.78 is 0.267. The van der Waals surface area contributed by atoms with Gasteiger partial charge in [0.25, 0.3) is 11.8 Å². The number of hydrogen-bond acceptors (Lipinski definition) is 6. The van der Waals surface area contributed by atoms with Crippen molar-refractivity contribution in [1.82, 2.24) is 9.80 Å². The maximum atomic E-state index is 13.0. The first-order valence-electron chi connectivity index (χ1n) is 10.3. The fourth-order valence-electron chi connectivity index (χ4n) is 3.63. The monoisotopic (exact) mass is 472 g/mol. The molecule has 0 radical (unpaired) electrons. The normalized spacial score (nSPS) is 20.7. The first kappa shape index (κ1) is 23.9. The molecule has 3 amide bonds. The van der Waals surface area contributed by atoms with E-state index in [9.17, 15) is 19.2 Å². The lowest BCUT2D eigenvalue weighted by Gasteiger charge is -2.21. The minimum atomic E-state index is -0.918. The van der Waals surface area contributed by atoms with Crippen LogP contribution < -0.4 is 0 Å². The van der Waals surface area contributed by atoms with Gasteiger partial charge in [-0.3, -0.25) is 29.0 Å². The van der Waals surface area contributed by atoms with Crippen LogP contribution in [-0.4, -0.2) is 55.5 Å². The van der Waals surface area contributed by atoms with E-state index >= 15 is 0 Å². The number of aliphatic carboxylic acids is 1. The first-order chi connectivity index (χ1) is 15.3. The van der Waals surface area contributed by atoms with Gasteiger partial charge in [0.2, 0.25) is 5.91 Å². The van der Waals surface area contributed by atoms with Crippen LogP contribution in [0.15, 0.2) is 46.9 Å². The molecule has 2 saturated heterocycles. The number of hydrogen-bond donors (Lipinski definition) is 1. The number of carboxylic acid groups (broad SMARTS) is 1. The van der Waals surface area contributed by atoms with Gasteiger partial charge in [0, 0.05) is 13.0 Å². The number of imide groups is 1. The Bertz CT molecular complexity index is 1000. The van der Waals surface area contributed by atoms with E-state index in [1.54, 1.807) is 6.08 Å². The Morgan fingerprint density at radius 2 is 1.91 bits per heavy atom. The number of benzene rings is 1. The van der Waals surface area contributed by atoms with Crippen LogP contribution in [0, 0.1) is 0 Å². The van der Waals surface area contributed by atoms with Crippen molar-refractivity contribution in [2.75, 3.05) is 6.54 Å². The number of thioether (sulfide) groups is 1. The van der Waals surface area contributed by atoms with Crippen molar-refractivity contribution in [3.8, 4) is 0 Å². The van der Waals surface area contributed by atoms with Gasteiger partial charge in [-0.2, -0.15) is 0 Å². The largest absolute Gasteiger partial charge is 0.481 e. The number of thiocarbonyl (C=S) groups is 1. The lowest BCUT2D eigenvalue weighted by atomic mass is 10.1. The Hall–Kier alpha value is -2.78. The Balaban J connectivity index is 1.65. The van der Waals surface area contributed by atoms with Crippen LogP contribution in [0.3, 0.4) is 0 Å². The van der Waals surface area contributed by atoms with E-state index in [2.05, 4.69) is 0 Å². The molecular formula is C23H24N2O5S2. The van der Waals surface area contributed by atoms with Crippen molar-refractivity contribution in [2.45, 2.75) is 45.1 Å². The second-order valence-electron chi connectivity index (χ2n) is 7.66. The van der Waals surface area contributed by atoms with Crippen molar-refractivity contribution >= 4 is 58.1 Å². The van der Waals surface area contributed by atoms with Gasteiger partial charge in [-0.15, -0.1) is 0 Å². The number of rotatable bonds is 9. The van der Waals surface area contributed by atoms with E-state index < -0.39 is 17.9 Å². The highest BCUT2D eigenvalue weighted by Crippen LogP contribution is 2.36. The zero-order valence-corrected chi connectivity index (χ0v) is 19.3. The van der Waals surface area contributed by atoms with Gasteiger partial charge < -0.3 is 5.11 Å². The summed E-state index contributed by atoms with van der Waals surface area (Å²) in [6.45, 7) is 2.10. The number of carbonyl (C=O) groups is 4. The van der Waals surface area contributed by atoms with Crippen LogP contribution >= 0.6 is 24.0 Å². The number of unbranched alkanes of at least 4 members (excludes halogenated alkanes) is 2. The molecule has 0 bridgehead atoms. The van der Waals surface area contributed by atoms with Crippen LogP contribution in [0.1, 0.15) is 44.6 Å². The number of nitrogens with zero attached hydrogens (tertiary/aromatic N) is 2. The van der Waals surface area contributed by atoms with Crippen molar-refractivity contribution in [1.29, 1.82) is 0 Å². The molecule has 168 valence electrons.